The van der Waals surface area contributed by atoms with Gasteiger partial charge in [0.15, 0.2) is 0 Å². The van der Waals surface area contributed by atoms with Gasteiger partial charge in [0.05, 0.1) is 7.11 Å². The van der Waals surface area contributed by atoms with Crippen molar-refractivity contribution in [1.82, 2.24) is 0 Å². The van der Waals surface area contributed by atoms with Gasteiger partial charge < -0.3 is 15.4 Å². The van der Waals surface area contributed by atoms with Gasteiger partial charge in [0.2, 0.25) is 5.91 Å². The largest absolute Gasteiger partial charge is 0.496 e. The number of hydrogen-bond donors (Lipinski definition) is 1. The third kappa shape index (κ3) is 3.23. The molecule has 18 heavy (non-hydrogen) atoms. The van der Waals surface area contributed by atoms with Crippen molar-refractivity contribution in [3.8, 4) is 5.75 Å². The quantitative estimate of drug-likeness (QED) is 0.869. The fourth-order valence-electron chi connectivity index (χ4n) is 2.01. The molecule has 1 rings (SSSR count). The van der Waals surface area contributed by atoms with Crippen LogP contribution >= 0.6 is 0 Å². The standard InChI is InChI=1S/C14H22N2O2/c1-10-8-12(9-11(2)14(10)18-4)16(3)13(17)6-5-7-15/h8-9H,5-7,15H2,1-4H3. The molecule has 0 aromatic heterocycles. The van der Waals surface area contributed by atoms with Crippen LogP contribution in [0.2, 0.25) is 0 Å². The summed E-state index contributed by atoms with van der Waals surface area (Å²) in [6, 6.07) is 3.93. The van der Waals surface area contributed by atoms with Gasteiger partial charge in [-0.2, -0.15) is 0 Å². The van der Waals surface area contributed by atoms with Gasteiger partial charge in [-0.25, -0.2) is 0 Å². The van der Waals surface area contributed by atoms with E-state index in [2.05, 4.69) is 0 Å². The van der Waals surface area contributed by atoms with E-state index in [0.717, 1.165) is 29.0 Å². The van der Waals surface area contributed by atoms with Crippen molar-refractivity contribution in [2.45, 2.75) is 26.7 Å². The molecule has 0 aliphatic carbocycles. The molecule has 0 aliphatic rings. The van der Waals surface area contributed by atoms with Gasteiger partial charge in [0, 0.05) is 19.2 Å². The molecule has 1 aromatic carbocycles. The van der Waals surface area contributed by atoms with E-state index >= 15 is 0 Å². The van der Waals surface area contributed by atoms with E-state index in [1.807, 2.05) is 26.0 Å². The maximum absolute atomic E-state index is 11.9. The van der Waals surface area contributed by atoms with Crippen LogP contribution in [0, 0.1) is 13.8 Å². The summed E-state index contributed by atoms with van der Waals surface area (Å²) >= 11 is 0. The Bertz CT molecular complexity index is 407. The maximum Gasteiger partial charge on any atom is 0.226 e. The molecule has 0 heterocycles. The first-order valence-corrected chi connectivity index (χ1v) is 6.13. The van der Waals surface area contributed by atoms with Gasteiger partial charge in [0.25, 0.3) is 0 Å². The smallest absolute Gasteiger partial charge is 0.226 e. The SMILES string of the molecule is COc1c(C)cc(N(C)C(=O)CCCN)cc1C. The Hall–Kier alpha value is -1.55. The molecule has 4 heteroatoms. The lowest BCUT2D eigenvalue weighted by Crippen LogP contribution is -2.26. The molecule has 0 radical (unpaired) electrons. The van der Waals surface area contributed by atoms with Crippen molar-refractivity contribution in [1.29, 1.82) is 0 Å². The zero-order valence-electron chi connectivity index (χ0n) is 11.6. The highest BCUT2D eigenvalue weighted by Crippen LogP contribution is 2.28. The molecule has 1 amide bonds. The van der Waals surface area contributed by atoms with Gasteiger partial charge in [-0.1, -0.05) is 0 Å². The van der Waals surface area contributed by atoms with Crippen LogP contribution in [0.5, 0.6) is 5.75 Å². The Morgan fingerprint density at radius 2 is 1.89 bits per heavy atom. The molecule has 0 spiro atoms. The summed E-state index contributed by atoms with van der Waals surface area (Å²) in [7, 11) is 3.45. The summed E-state index contributed by atoms with van der Waals surface area (Å²) in [4.78, 5) is 13.6. The number of hydrogen-bond acceptors (Lipinski definition) is 3. The van der Waals surface area contributed by atoms with Gasteiger partial charge >= 0.3 is 0 Å². The van der Waals surface area contributed by atoms with Gasteiger partial charge in [0.1, 0.15) is 5.75 Å². The molecule has 2 N–H and O–H groups in total. The minimum absolute atomic E-state index is 0.0874. The summed E-state index contributed by atoms with van der Waals surface area (Å²) in [5, 5.41) is 0. The lowest BCUT2D eigenvalue weighted by Gasteiger charge is -2.20. The Balaban J connectivity index is 2.93. The average molecular weight is 250 g/mol. The Morgan fingerprint density at radius 1 is 1.33 bits per heavy atom. The molecular formula is C14H22N2O2. The third-order valence-electron chi connectivity index (χ3n) is 3.01. The molecule has 0 saturated heterocycles. The van der Waals surface area contributed by atoms with Crippen LogP contribution in [-0.2, 0) is 4.79 Å². The van der Waals surface area contributed by atoms with Crippen molar-refractivity contribution < 1.29 is 9.53 Å². The molecule has 0 saturated carbocycles. The summed E-state index contributed by atoms with van der Waals surface area (Å²) in [6.07, 6.45) is 1.20. The van der Waals surface area contributed by atoms with Crippen LogP contribution < -0.4 is 15.4 Å². The van der Waals surface area contributed by atoms with E-state index in [1.165, 1.54) is 0 Å². The van der Waals surface area contributed by atoms with Crippen molar-refractivity contribution in [2.75, 3.05) is 25.6 Å². The van der Waals surface area contributed by atoms with E-state index < -0.39 is 0 Å². The number of ether oxygens (including phenoxy) is 1. The summed E-state index contributed by atoms with van der Waals surface area (Å²) < 4.78 is 5.32. The number of carbonyl (C=O) groups is 1. The van der Waals surface area contributed by atoms with E-state index in [9.17, 15) is 4.79 Å². The Morgan fingerprint density at radius 3 is 2.33 bits per heavy atom. The van der Waals surface area contributed by atoms with E-state index in [0.29, 0.717) is 13.0 Å². The molecular weight excluding hydrogens is 228 g/mol. The molecule has 0 atom stereocenters. The predicted octanol–water partition coefficient (Wildman–Crippen LogP) is 2.01. The maximum atomic E-state index is 11.9. The summed E-state index contributed by atoms with van der Waals surface area (Å²) in [5.41, 5.74) is 8.38. The minimum atomic E-state index is 0.0874. The molecule has 100 valence electrons. The number of aryl methyl sites for hydroxylation is 2. The molecule has 0 bridgehead atoms. The normalized spacial score (nSPS) is 10.3. The fourth-order valence-corrected chi connectivity index (χ4v) is 2.01. The lowest BCUT2D eigenvalue weighted by molar-refractivity contribution is -0.118. The van der Waals surface area contributed by atoms with Gasteiger partial charge in [-0.15, -0.1) is 0 Å². The molecule has 0 fully saturated rings. The number of nitrogens with two attached hydrogens (primary N) is 1. The van der Waals surface area contributed by atoms with Crippen LogP contribution in [0.1, 0.15) is 24.0 Å². The van der Waals surface area contributed by atoms with Crippen molar-refractivity contribution in [3.63, 3.8) is 0 Å². The number of rotatable bonds is 5. The predicted molar refractivity (Wildman–Crippen MR) is 74.2 cm³/mol. The summed E-state index contributed by atoms with van der Waals surface area (Å²) in [5.74, 6) is 0.964. The van der Waals surface area contributed by atoms with Crippen LogP contribution in [0.25, 0.3) is 0 Å². The van der Waals surface area contributed by atoms with Crippen LogP contribution in [-0.4, -0.2) is 26.6 Å². The second-order valence-corrected chi connectivity index (χ2v) is 4.46. The second kappa shape index (κ2) is 6.40. The van der Waals surface area contributed by atoms with Crippen molar-refractivity contribution >= 4 is 11.6 Å². The van der Waals surface area contributed by atoms with E-state index in [4.69, 9.17) is 10.5 Å². The summed E-state index contributed by atoms with van der Waals surface area (Å²) in [6.45, 7) is 4.50. The monoisotopic (exact) mass is 250 g/mol. The number of anilines is 1. The van der Waals surface area contributed by atoms with Crippen LogP contribution in [0.3, 0.4) is 0 Å². The highest BCUT2D eigenvalue weighted by atomic mass is 16.5. The fraction of sp³-hybridized carbons (Fsp3) is 0.500. The third-order valence-corrected chi connectivity index (χ3v) is 3.01. The molecule has 4 nitrogen and oxygen atoms in total. The van der Waals surface area contributed by atoms with Gasteiger partial charge in [-0.05, 0) is 50.1 Å². The molecule has 0 unspecified atom stereocenters. The molecule has 0 aliphatic heterocycles. The molecule has 1 aromatic rings. The number of benzene rings is 1. The minimum Gasteiger partial charge on any atom is -0.496 e. The Kier molecular flexibility index (Phi) is 5.16. The topological polar surface area (TPSA) is 55.6 Å². The number of methoxy groups -OCH3 is 1. The lowest BCUT2D eigenvalue weighted by atomic mass is 10.1. The highest BCUT2D eigenvalue weighted by molar-refractivity contribution is 5.93. The number of nitrogens with zero attached hydrogens (tertiary/aromatic N) is 1. The van der Waals surface area contributed by atoms with E-state index in [1.54, 1.807) is 19.1 Å². The van der Waals surface area contributed by atoms with Crippen molar-refractivity contribution in [3.05, 3.63) is 23.3 Å². The first-order chi connectivity index (χ1) is 8.51. The Labute approximate surface area is 109 Å². The first-order valence-electron chi connectivity index (χ1n) is 6.13. The number of amides is 1. The highest BCUT2D eigenvalue weighted by Gasteiger charge is 2.13. The zero-order chi connectivity index (χ0) is 13.7. The first kappa shape index (κ1) is 14.5. The second-order valence-electron chi connectivity index (χ2n) is 4.46. The van der Waals surface area contributed by atoms with Crippen molar-refractivity contribution in [2.24, 2.45) is 5.73 Å². The van der Waals surface area contributed by atoms with Crippen LogP contribution in [0.15, 0.2) is 12.1 Å². The average Bonchev–Trinajstić information content (AvgIpc) is 2.34. The van der Waals surface area contributed by atoms with Gasteiger partial charge in [-0.3, -0.25) is 4.79 Å². The number of carbonyl (C=O) groups excluding carboxylic acids is 1. The van der Waals surface area contributed by atoms with E-state index in [-0.39, 0.29) is 5.91 Å². The van der Waals surface area contributed by atoms with Crippen LogP contribution in [0.4, 0.5) is 5.69 Å². The zero-order valence-corrected chi connectivity index (χ0v) is 11.6.